The molecule has 0 heterocycles. The highest BCUT2D eigenvalue weighted by atomic mass is 28.4. The summed E-state index contributed by atoms with van der Waals surface area (Å²) in [6.07, 6.45) is 3.35. The average Bonchev–Trinajstić information content (AvgIpc) is 2.38. The Morgan fingerprint density at radius 1 is 1.00 bits per heavy atom. The molecule has 0 atom stereocenters. The van der Waals surface area contributed by atoms with E-state index < -0.39 is 16.4 Å². The first-order valence-electron chi connectivity index (χ1n) is 7.93. The van der Waals surface area contributed by atoms with Crippen LogP contribution in [0.15, 0.2) is 42.1 Å². The Balaban J connectivity index is 2.49. The second-order valence-corrected chi connectivity index (χ2v) is 17.1. The smallest absolute Gasteiger partial charge is 0.191 e. The lowest BCUT2D eigenvalue weighted by Gasteiger charge is -2.36. The highest BCUT2D eigenvalue weighted by Crippen LogP contribution is 2.36. The monoisotopic (exact) mass is 320 g/mol. The van der Waals surface area contributed by atoms with Crippen LogP contribution in [0, 0.1) is 0 Å². The van der Waals surface area contributed by atoms with Gasteiger partial charge in [-0.3, -0.25) is 0 Å². The molecule has 118 valence electrons. The van der Waals surface area contributed by atoms with E-state index in [1.165, 1.54) is 5.19 Å². The lowest BCUT2D eigenvalue weighted by molar-refractivity contribution is 0.294. The molecule has 0 spiro atoms. The molecule has 0 amide bonds. The van der Waals surface area contributed by atoms with Gasteiger partial charge in [0.25, 0.3) is 0 Å². The fourth-order valence-corrected chi connectivity index (χ4v) is 5.00. The molecule has 0 radical (unpaired) electrons. The van der Waals surface area contributed by atoms with Crippen molar-refractivity contribution in [3.63, 3.8) is 0 Å². The van der Waals surface area contributed by atoms with Crippen LogP contribution in [0.1, 0.15) is 27.2 Å². The van der Waals surface area contributed by atoms with Crippen molar-refractivity contribution in [3.05, 3.63) is 42.1 Å². The summed E-state index contributed by atoms with van der Waals surface area (Å²) in [6, 6.07) is 10.9. The molecule has 0 saturated heterocycles. The maximum Gasteiger partial charge on any atom is 0.191 e. The van der Waals surface area contributed by atoms with E-state index >= 15 is 0 Å². The van der Waals surface area contributed by atoms with Gasteiger partial charge in [0, 0.05) is 6.61 Å². The summed E-state index contributed by atoms with van der Waals surface area (Å²) in [4.78, 5) is 0. The van der Waals surface area contributed by atoms with Gasteiger partial charge in [0.15, 0.2) is 8.32 Å². The molecule has 0 N–H and O–H groups in total. The standard InChI is InChI=1S/C18H32OSi2/c1-18(2,3)21(6,7)19-15-11-12-16-20(4,5)17-13-9-8-10-14-17/h8-10,12-14,16H,11,15H2,1-7H3/b16-12+. The molecule has 0 aromatic heterocycles. The van der Waals surface area contributed by atoms with Crippen LogP contribution < -0.4 is 5.19 Å². The molecule has 1 aromatic rings. The third kappa shape index (κ3) is 5.57. The van der Waals surface area contributed by atoms with E-state index in [9.17, 15) is 0 Å². The molecule has 0 fully saturated rings. The molecule has 21 heavy (non-hydrogen) atoms. The first-order valence-corrected chi connectivity index (χ1v) is 13.9. The summed E-state index contributed by atoms with van der Waals surface area (Å²) >= 11 is 0. The van der Waals surface area contributed by atoms with Gasteiger partial charge in [-0.1, -0.05) is 81.2 Å². The van der Waals surface area contributed by atoms with Gasteiger partial charge in [-0.05, 0) is 24.6 Å². The molecule has 1 nitrogen and oxygen atoms in total. The first kappa shape index (κ1) is 18.4. The van der Waals surface area contributed by atoms with Gasteiger partial charge >= 0.3 is 0 Å². The van der Waals surface area contributed by atoms with Crippen molar-refractivity contribution >= 4 is 21.6 Å². The van der Waals surface area contributed by atoms with Crippen LogP contribution in [0.25, 0.3) is 0 Å². The van der Waals surface area contributed by atoms with Crippen LogP contribution in [-0.2, 0) is 4.43 Å². The zero-order valence-electron chi connectivity index (χ0n) is 14.9. The lowest BCUT2D eigenvalue weighted by atomic mass is 10.2. The number of benzene rings is 1. The highest BCUT2D eigenvalue weighted by Gasteiger charge is 2.36. The van der Waals surface area contributed by atoms with E-state index in [-0.39, 0.29) is 0 Å². The van der Waals surface area contributed by atoms with E-state index in [4.69, 9.17) is 4.43 Å². The molecule has 0 saturated carbocycles. The van der Waals surface area contributed by atoms with Crippen LogP contribution in [0.2, 0.25) is 31.2 Å². The van der Waals surface area contributed by atoms with Crippen molar-refractivity contribution in [3.8, 4) is 0 Å². The van der Waals surface area contributed by atoms with Gasteiger partial charge in [0.2, 0.25) is 0 Å². The Morgan fingerprint density at radius 2 is 1.57 bits per heavy atom. The van der Waals surface area contributed by atoms with Crippen molar-refractivity contribution < 1.29 is 4.43 Å². The third-order valence-electron chi connectivity index (χ3n) is 4.61. The number of hydrogen-bond donors (Lipinski definition) is 0. The largest absolute Gasteiger partial charge is 0.417 e. The van der Waals surface area contributed by atoms with Crippen molar-refractivity contribution in [2.75, 3.05) is 6.61 Å². The number of rotatable bonds is 6. The SMILES string of the molecule is CC(C)(C)[Si](C)(C)OCC/C=C/[Si](C)(C)c1ccccc1. The predicted molar refractivity (Wildman–Crippen MR) is 100 cm³/mol. The minimum Gasteiger partial charge on any atom is -0.417 e. The predicted octanol–water partition coefficient (Wildman–Crippen LogP) is 5.11. The Hall–Kier alpha value is -0.646. The molecule has 1 rings (SSSR count). The first-order chi connectivity index (χ1) is 9.56. The van der Waals surface area contributed by atoms with Crippen LogP contribution >= 0.6 is 0 Å². The Kier molecular flexibility index (Phi) is 6.20. The maximum absolute atomic E-state index is 6.22. The average molecular weight is 321 g/mol. The summed E-state index contributed by atoms with van der Waals surface area (Å²) in [5.41, 5.74) is 2.44. The van der Waals surface area contributed by atoms with E-state index in [0.717, 1.165) is 13.0 Å². The van der Waals surface area contributed by atoms with Crippen LogP contribution in [0.5, 0.6) is 0 Å². The molecule has 0 aliphatic rings. The lowest BCUT2D eigenvalue weighted by Crippen LogP contribution is -2.41. The van der Waals surface area contributed by atoms with Gasteiger partial charge in [0.05, 0.1) is 0 Å². The van der Waals surface area contributed by atoms with Crippen molar-refractivity contribution in [2.24, 2.45) is 0 Å². The third-order valence-corrected chi connectivity index (χ3v) is 12.0. The van der Waals surface area contributed by atoms with E-state index in [1.807, 2.05) is 0 Å². The summed E-state index contributed by atoms with van der Waals surface area (Å²) in [5.74, 6) is 0. The quantitative estimate of drug-likeness (QED) is 0.523. The fraction of sp³-hybridized carbons (Fsp3) is 0.556. The second kappa shape index (κ2) is 7.08. The Labute approximate surface area is 133 Å². The molecule has 0 bridgehead atoms. The minimum absolute atomic E-state index is 0.300. The van der Waals surface area contributed by atoms with Crippen LogP contribution in [0.3, 0.4) is 0 Å². The van der Waals surface area contributed by atoms with E-state index in [0.29, 0.717) is 5.04 Å². The van der Waals surface area contributed by atoms with Crippen molar-refractivity contribution in [2.45, 2.75) is 58.4 Å². The van der Waals surface area contributed by atoms with Gasteiger partial charge in [-0.2, -0.15) is 0 Å². The molecular weight excluding hydrogens is 288 g/mol. The molecule has 0 aliphatic heterocycles. The summed E-state index contributed by atoms with van der Waals surface area (Å²) < 4.78 is 6.22. The van der Waals surface area contributed by atoms with Crippen molar-refractivity contribution in [1.82, 2.24) is 0 Å². The minimum atomic E-state index is -1.59. The van der Waals surface area contributed by atoms with Gasteiger partial charge < -0.3 is 4.43 Å². The Morgan fingerprint density at radius 3 is 2.10 bits per heavy atom. The van der Waals surface area contributed by atoms with Crippen LogP contribution in [0.4, 0.5) is 0 Å². The summed E-state index contributed by atoms with van der Waals surface area (Å²) in [5, 5.41) is 1.79. The summed E-state index contributed by atoms with van der Waals surface area (Å²) in [6.45, 7) is 17.2. The molecule has 1 aromatic carbocycles. The highest BCUT2D eigenvalue weighted by molar-refractivity contribution is 6.93. The zero-order chi connectivity index (χ0) is 16.1. The molecule has 0 unspecified atom stereocenters. The topological polar surface area (TPSA) is 9.23 Å². The second-order valence-electron chi connectivity index (χ2n) is 7.89. The van der Waals surface area contributed by atoms with Crippen LogP contribution in [-0.4, -0.2) is 23.0 Å². The van der Waals surface area contributed by atoms with E-state index in [1.54, 1.807) is 0 Å². The summed E-state index contributed by atoms with van der Waals surface area (Å²) in [7, 11) is -3.02. The normalized spacial score (nSPS) is 13.9. The van der Waals surface area contributed by atoms with E-state index in [2.05, 4.69) is 89.1 Å². The van der Waals surface area contributed by atoms with Crippen molar-refractivity contribution in [1.29, 1.82) is 0 Å². The Bertz CT molecular complexity index is 456. The molecular formula is C18H32OSi2. The number of hydrogen-bond acceptors (Lipinski definition) is 1. The van der Waals surface area contributed by atoms with Gasteiger partial charge in [-0.15, -0.1) is 0 Å². The maximum atomic E-state index is 6.22. The van der Waals surface area contributed by atoms with Gasteiger partial charge in [0.1, 0.15) is 8.07 Å². The molecule has 0 aliphatic carbocycles. The fourth-order valence-electron chi connectivity index (χ4n) is 1.94. The van der Waals surface area contributed by atoms with Gasteiger partial charge in [-0.25, -0.2) is 0 Å². The molecule has 3 heteroatoms. The zero-order valence-corrected chi connectivity index (χ0v) is 16.9.